The van der Waals surface area contributed by atoms with Gasteiger partial charge in [0, 0.05) is 19.2 Å². The third-order valence-corrected chi connectivity index (χ3v) is 2.74. The van der Waals surface area contributed by atoms with E-state index in [1.54, 1.807) is 7.11 Å². The number of hydrogen-bond donors (Lipinski definition) is 1. The second-order valence-electron chi connectivity index (χ2n) is 4.08. The van der Waals surface area contributed by atoms with E-state index in [2.05, 4.69) is 5.32 Å². The Bertz CT molecular complexity index is 393. The van der Waals surface area contributed by atoms with Crippen LogP contribution >= 0.6 is 11.6 Å². The molecule has 0 fully saturated rings. The van der Waals surface area contributed by atoms with E-state index in [0.717, 1.165) is 11.1 Å². The average Bonchev–Trinajstić information content (AvgIpc) is 2.26. The molecular weight excluding hydrogens is 238 g/mol. The molecule has 4 heteroatoms. The summed E-state index contributed by atoms with van der Waals surface area (Å²) < 4.78 is 4.90. The van der Waals surface area contributed by atoms with Gasteiger partial charge in [0.2, 0.25) is 0 Å². The van der Waals surface area contributed by atoms with Crippen molar-refractivity contribution in [2.45, 2.75) is 19.2 Å². The number of rotatable bonds is 5. The molecule has 0 aromatic heterocycles. The monoisotopic (exact) mass is 255 g/mol. The molecule has 1 unspecified atom stereocenters. The largest absolute Gasteiger partial charge is 0.383 e. The van der Waals surface area contributed by atoms with E-state index in [4.69, 9.17) is 16.3 Å². The molecule has 94 valence electrons. The highest BCUT2D eigenvalue weighted by atomic mass is 35.5. The summed E-state index contributed by atoms with van der Waals surface area (Å²) in [6.07, 6.45) is 0. The highest BCUT2D eigenvalue weighted by Gasteiger charge is 2.10. The first kappa shape index (κ1) is 14.0. The van der Waals surface area contributed by atoms with E-state index in [1.807, 2.05) is 32.0 Å². The number of amides is 1. The molecule has 0 spiro atoms. The van der Waals surface area contributed by atoms with Gasteiger partial charge in [-0.05, 0) is 25.5 Å². The molecule has 1 atom stereocenters. The first-order valence-corrected chi connectivity index (χ1v) is 5.96. The van der Waals surface area contributed by atoms with E-state index in [1.165, 1.54) is 0 Å². The predicted molar refractivity (Wildman–Crippen MR) is 69.8 cm³/mol. The Morgan fingerprint density at radius 2 is 2.18 bits per heavy atom. The molecule has 3 nitrogen and oxygen atoms in total. The zero-order valence-electron chi connectivity index (χ0n) is 10.4. The summed E-state index contributed by atoms with van der Waals surface area (Å²) in [4.78, 5) is 11.9. The number of carbonyl (C=O) groups is 1. The van der Waals surface area contributed by atoms with Crippen LogP contribution in [0.25, 0.3) is 0 Å². The van der Waals surface area contributed by atoms with Gasteiger partial charge in [-0.3, -0.25) is 4.79 Å². The molecule has 0 radical (unpaired) electrons. The van der Waals surface area contributed by atoms with E-state index in [9.17, 15) is 4.79 Å². The molecule has 0 saturated carbocycles. The van der Waals surface area contributed by atoms with E-state index in [-0.39, 0.29) is 11.3 Å². The topological polar surface area (TPSA) is 38.3 Å². The maximum Gasteiger partial charge on any atom is 0.251 e. The number of aryl methyl sites for hydroxylation is 2. The summed E-state index contributed by atoms with van der Waals surface area (Å²) in [6, 6.07) is 5.75. The molecule has 0 aliphatic rings. The molecule has 0 aliphatic carbocycles. The molecule has 0 aliphatic heterocycles. The molecule has 0 heterocycles. The van der Waals surface area contributed by atoms with Crippen LogP contribution in [0.5, 0.6) is 0 Å². The number of nitrogens with one attached hydrogen (secondary N) is 1. The summed E-state index contributed by atoms with van der Waals surface area (Å²) in [5.41, 5.74) is 2.81. The first-order chi connectivity index (χ1) is 8.04. The van der Waals surface area contributed by atoms with Gasteiger partial charge < -0.3 is 10.1 Å². The lowest BCUT2D eigenvalue weighted by molar-refractivity contribution is 0.0948. The van der Waals surface area contributed by atoms with Crippen molar-refractivity contribution in [3.63, 3.8) is 0 Å². The van der Waals surface area contributed by atoms with Crippen LogP contribution in [0.2, 0.25) is 0 Å². The quantitative estimate of drug-likeness (QED) is 0.820. The predicted octanol–water partition coefficient (Wildman–Crippen LogP) is 2.29. The lowest BCUT2D eigenvalue weighted by atomic mass is 10.1. The van der Waals surface area contributed by atoms with Gasteiger partial charge in [0.05, 0.1) is 12.0 Å². The van der Waals surface area contributed by atoms with Gasteiger partial charge in [-0.25, -0.2) is 0 Å². The van der Waals surface area contributed by atoms with Gasteiger partial charge >= 0.3 is 0 Å². The number of benzene rings is 1. The van der Waals surface area contributed by atoms with Gasteiger partial charge in [0.1, 0.15) is 0 Å². The lowest BCUT2D eigenvalue weighted by Crippen LogP contribution is -2.32. The molecule has 1 rings (SSSR count). The third kappa shape index (κ3) is 4.36. The Kier molecular flexibility index (Phi) is 5.45. The maximum absolute atomic E-state index is 11.9. The minimum Gasteiger partial charge on any atom is -0.383 e. The molecule has 1 aromatic carbocycles. The van der Waals surface area contributed by atoms with Crippen molar-refractivity contribution >= 4 is 17.5 Å². The summed E-state index contributed by atoms with van der Waals surface area (Å²) in [6.45, 7) is 4.76. The van der Waals surface area contributed by atoms with Gasteiger partial charge in [-0.15, -0.1) is 11.6 Å². The molecule has 1 N–H and O–H groups in total. The van der Waals surface area contributed by atoms with Crippen LogP contribution in [0, 0.1) is 13.8 Å². The van der Waals surface area contributed by atoms with Crippen molar-refractivity contribution in [2.24, 2.45) is 0 Å². The fraction of sp³-hybridized carbons (Fsp3) is 0.462. The van der Waals surface area contributed by atoms with Gasteiger partial charge in [-0.2, -0.15) is 0 Å². The van der Waals surface area contributed by atoms with Crippen molar-refractivity contribution in [3.8, 4) is 0 Å². The van der Waals surface area contributed by atoms with Gasteiger partial charge in [0.15, 0.2) is 0 Å². The zero-order chi connectivity index (χ0) is 12.8. The standard InChI is InChI=1S/C13H18ClNO2/c1-9-4-5-12(10(2)6-9)13(16)15-7-11(14)8-17-3/h4-6,11H,7-8H2,1-3H3,(H,15,16). The molecule has 17 heavy (non-hydrogen) atoms. The van der Waals surface area contributed by atoms with E-state index in [0.29, 0.717) is 18.7 Å². The SMILES string of the molecule is COCC(Cl)CNC(=O)c1ccc(C)cc1C. The van der Waals surface area contributed by atoms with Gasteiger partial charge in [-0.1, -0.05) is 17.7 Å². The average molecular weight is 256 g/mol. The minimum absolute atomic E-state index is 0.0933. The zero-order valence-corrected chi connectivity index (χ0v) is 11.2. The second-order valence-corrected chi connectivity index (χ2v) is 4.70. The molecule has 0 bridgehead atoms. The minimum atomic E-state index is -0.199. The molecule has 1 amide bonds. The summed E-state index contributed by atoms with van der Waals surface area (Å²) in [5, 5.41) is 2.59. The Morgan fingerprint density at radius 3 is 2.76 bits per heavy atom. The van der Waals surface area contributed by atoms with Crippen LogP contribution in [0.4, 0.5) is 0 Å². The Hall–Kier alpha value is -1.06. The molecule has 0 saturated heterocycles. The highest BCUT2D eigenvalue weighted by molar-refractivity contribution is 6.21. The fourth-order valence-corrected chi connectivity index (χ4v) is 1.81. The molecule has 1 aromatic rings. The Morgan fingerprint density at radius 1 is 1.47 bits per heavy atom. The van der Waals surface area contributed by atoms with Crippen molar-refractivity contribution < 1.29 is 9.53 Å². The van der Waals surface area contributed by atoms with E-state index < -0.39 is 0 Å². The first-order valence-electron chi connectivity index (χ1n) is 5.53. The normalized spacial score (nSPS) is 12.2. The number of carbonyl (C=O) groups excluding carboxylic acids is 1. The number of ether oxygens (including phenoxy) is 1. The van der Waals surface area contributed by atoms with Crippen LogP contribution in [0.15, 0.2) is 18.2 Å². The van der Waals surface area contributed by atoms with Crippen LogP contribution < -0.4 is 5.32 Å². The summed E-state index contributed by atoms with van der Waals surface area (Å²) in [7, 11) is 1.58. The number of halogens is 1. The summed E-state index contributed by atoms with van der Waals surface area (Å²) >= 11 is 5.94. The smallest absolute Gasteiger partial charge is 0.251 e. The number of hydrogen-bond acceptors (Lipinski definition) is 2. The van der Waals surface area contributed by atoms with Crippen molar-refractivity contribution in [3.05, 3.63) is 34.9 Å². The van der Waals surface area contributed by atoms with Crippen LogP contribution in [0.3, 0.4) is 0 Å². The Balaban J connectivity index is 2.58. The van der Waals surface area contributed by atoms with Crippen molar-refractivity contribution in [2.75, 3.05) is 20.3 Å². The summed E-state index contributed by atoms with van der Waals surface area (Å²) in [5.74, 6) is -0.0933. The number of methoxy groups -OCH3 is 1. The van der Waals surface area contributed by atoms with E-state index >= 15 is 0 Å². The maximum atomic E-state index is 11.9. The lowest BCUT2D eigenvalue weighted by Gasteiger charge is -2.11. The van der Waals surface area contributed by atoms with Crippen molar-refractivity contribution in [1.82, 2.24) is 5.32 Å². The van der Waals surface area contributed by atoms with Crippen LogP contribution in [-0.4, -0.2) is 31.5 Å². The van der Waals surface area contributed by atoms with Crippen molar-refractivity contribution in [1.29, 1.82) is 0 Å². The van der Waals surface area contributed by atoms with Crippen LogP contribution in [-0.2, 0) is 4.74 Å². The fourth-order valence-electron chi connectivity index (χ4n) is 1.61. The van der Waals surface area contributed by atoms with Crippen LogP contribution in [0.1, 0.15) is 21.5 Å². The molecular formula is C13H18ClNO2. The Labute approximate surface area is 107 Å². The number of alkyl halides is 1. The van der Waals surface area contributed by atoms with Gasteiger partial charge in [0.25, 0.3) is 5.91 Å². The third-order valence-electron chi connectivity index (χ3n) is 2.46. The second kappa shape index (κ2) is 6.62. The highest BCUT2D eigenvalue weighted by Crippen LogP contribution is 2.10.